The van der Waals surface area contributed by atoms with Gasteiger partial charge in [-0.25, -0.2) is 14.1 Å². The molecule has 0 atom stereocenters. The molecule has 1 heterocycles. The standard InChI is InChI=1S/C20H19ClF4N4O3/c21-14-2-1-11(3-15(14)22)29-10-26-17(28-29)18-7-19(8-18,9-18)27-16(30)6-31-12-4-13(5-12)32-20(23,24)25/h1-3,10,12-13H,4-9H2,(H,27,30)/t12-,13+,18?,19?. The van der Waals surface area contributed by atoms with Gasteiger partial charge < -0.3 is 10.1 Å². The molecule has 2 bridgehead atoms. The first kappa shape index (κ1) is 21.6. The first-order valence-corrected chi connectivity index (χ1v) is 10.5. The van der Waals surface area contributed by atoms with Crippen LogP contribution in [-0.2, 0) is 19.7 Å². The van der Waals surface area contributed by atoms with Gasteiger partial charge in [0.15, 0.2) is 5.82 Å². The van der Waals surface area contributed by atoms with Crippen molar-refractivity contribution in [1.82, 2.24) is 20.1 Å². The highest BCUT2D eigenvalue weighted by atomic mass is 35.5. The SMILES string of the molecule is O=C(CO[C@H]1C[C@@H](OC(F)(F)F)C1)NC12CC(c3ncn(-c4ccc(Cl)c(F)c4)n3)(C1)C2. The molecule has 0 aliphatic heterocycles. The molecule has 0 spiro atoms. The summed E-state index contributed by atoms with van der Waals surface area (Å²) in [4.78, 5) is 16.6. The van der Waals surface area contributed by atoms with Crippen LogP contribution < -0.4 is 5.32 Å². The van der Waals surface area contributed by atoms with Crippen LogP contribution in [0.5, 0.6) is 0 Å². The Labute approximate surface area is 185 Å². The number of ether oxygens (including phenoxy) is 2. The summed E-state index contributed by atoms with van der Waals surface area (Å²) in [5.41, 5.74) is -0.0170. The Morgan fingerprint density at radius 1 is 1.25 bits per heavy atom. The molecule has 4 fully saturated rings. The van der Waals surface area contributed by atoms with E-state index in [4.69, 9.17) is 16.3 Å². The molecule has 0 saturated heterocycles. The van der Waals surface area contributed by atoms with Gasteiger partial charge in [0.2, 0.25) is 5.91 Å². The maximum Gasteiger partial charge on any atom is 0.522 e. The van der Waals surface area contributed by atoms with Gasteiger partial charge in [0.1, 0.15) is 18.8 Å². The monoisotopic (exact) mass is 474 g/mol. The highest BCUT2D eigenvalue weighted by Gasteiger charge is 2.71. The summed E-state index contributed by atoms with van der Waals surface area (Å²) in [6.07, 6.45) is -2.13. The van der Waals surface area contributed by atoms with Gasteiger partial charge in [-0.2, -0.15) is 5.10 Å². The number of alkyl halides is 3. The lowest BCUT2D eigenvalue weighted by molar-refractivity contribution is -0.357. The van der Waals surface area contributed by atoms with Crippen LogP contribution in [0.2, 0.25) is 5.02 Å². The summed E-state index contributed by atoms with van der Waals surface area (Å²) in [7, 11) is 0. The number of halogens is 5. The van der Waals surface area contributed by atoms with Gasteiger partial charge in [0, 0.05) is 29.9 Å². The number of nitrogens with zero attached hydrogens (tertiary/aromatic N) is 3. The Kier molecular flexibility index (Phi) is 4.99. The number of carbonyl (C=O) groups is 1. The van der Waals surface area contributed by atoms with E-state index in [0.29, 0.717) is 30.8 Å². The maximum absolute atomic E-state index is 13.7. The van der Waals surface area contributed by atoms with Gasteiger partial charge in [-0.05, 0) is 31.4 Å². The van der Waals surface area contributed by atoms with Crippen molar-refractivity contribution in [2.24, 2.45) is 0 Å². The van der Waals surface area contributed by atoms with Crippen molar-refractivity contribution in [2.75, 3.05) is 6.61 Å². The smallest absolute Gasteiger partial charge is 0.368 e. The second-order valence-corrected chi connectivity index (χ2v) is 9.25. The number of amides is 1. The molecule has 4 aliphatic rings. The zero-order valence-corrected chi connectivity index (χ0v) is 17.4. The van der Waals surface area contributed by atoms with Crippen LogP contribution in [0, 0.1) is 5.82 Å². The number of rotatable bonds is 7. The van der Waals surface area contributed by atoms with E-state index < -0.39 is 24.4 Å². The zero-order valence-electron chi connectivity index (χ0n) is 16.7. The predicted molar refractivity (Wildman–Crippen MR) is 103 cm³/mol. The molecule has 32 heavy (non-hydrogen) atoms. The molecule has 4 saturated carbocycles. The highest BCUT2D eigenvalue weighted by molar-refractivity contribution is 6.30. The molecule has 1 aromatic heterocycles. The van der Waals surface area contributed by atoms with E-state index >= 15 is 0 Å². The third-order valence-electron chi connectivity index (χ3n) is 6.37. The quantitative estimate of drug-likeness (QED) is 0.622. The predicted octanol–water partition coefficient (Wildman–Crippen LogP) is 3.43. The number of nitrogens with one attached hydrogen (secondary N) is 1. The number of hydrogen-bond donors (Lipinski definition) is 1. The van der Waals surface area contributed by atoms with E-state index in [9.17, 15) is 22.4 Å². The Balaban J connectivity index is 1.08. The number of aromatic nitrogens is 3. The van der Waals surface area contributed by atoms with E-state index in [1.54, 1.807) is 6.07 Å². The minimum absolute atomic E-state index is 0.0296. The lowest BCUT2D eigenvalue weighted by Gasteiger charge is -2.69. The molecule has 2 aromatic rings. The number of carbonyl (C=O) groups excluding carboxylic acids is 1. The summed E-state index contributed by atoms with van der Waals surface area (Å²) >= 11 is 5.71. The van der Waals surface area contributed by atoms with Crippen molar-refractivity contribution in [3.8, 4) is 5.69 Å². The second kappa shape index (κ2) is 7.39. The zero-order chi connectivity index (χ0) is 22.7. The van der Waals surface area contributed by atoms with Gasteiger partial charge in [-0.15, -0.1) is 13.2 Å². The highest BCUT2D eigenvalue weighted by Crippen LogP contribution is 2.67. The van der Waals surface area contributed by atoms with Gasteiger partial charge in [-0.1, -0.05) is 11.6 Å². The fraction of sp³-hybridized carbons (Fsp3) is 0.550. The van der Waals surface area contributed by atoms with Crippen molar-refractivity contribution in [3.63, 3.8) is 0 Å². The lowest BCUT2D eigenvalue weighted by Crippen LogP contribution is -2.77. The Morgan fingerprint density at radius 3 is 2.62 bits per heavy atom. The van der Waals surface area contributed by atoms with Crippen molar-refractivity contribution >= 4 is 17.5 Å². The van der Waals surface area contributed by atoms with Crippen LogP contribution in [-0.4, -0.2) is 51.4 Å². The Morgan fingerprint density at radius 2 is 1.97 bits per heavy atom. The van der Waals surface area contributed by atoms with E-state index in [-0.39, 0.29) is 41.3 Å². The van der Waals surface area contributed by atoms with Crippen LogP contribution in [0.4, 0.5) is 17.6 Å². The van der Waals surface area contributed by atoms with Crippen LogP contribution >= 0.6 is 11.6 Å². The lowest BCUT2D eigenvalue weighted by atomic mass is 9.39. The fourth-order valence-electron chi connectivity index (χ4n) is 4.88. The Hall–Kier alpha value is -2.24. The molecule has 4 aliphatic carbocycles. The Bertz CT molecular complexity index is 1030. The molecule has 12 heteroatoms. The first-order valence-electron chi connectivity index (χ1n) is 10.1. The third kappa shape index (κ3) is 3.97. The number of benzene rings is 1. The van der Waals surface area contributed by atoms with Crippen molar-refractivity contribution in [3.05, 3.63) is 41.2 Å². The fourth-order valence-corrected chi connectivity index (χ4v) is 5.00. The summed E-state index contributed by atoms with van der Waals surface area (Å²) in [6, 6.07) is 4.38. The first-order chi connectivity index (χ1) is 15.0. The van der Waals surface area contributed by atoms with Crippen LogP contribution in [0.3, 0.4) is 0 Å². The summed E-state index contributed by atoms with van der Waals surface area (Å²) in [6.45, 7) is -0.201. The molecular formula is C20H19ClF4N4O3. The van der Waals surface area contributed by atoms with Crippen molar-refractivity contribution < 1.29 is 31.8 Å². The normalized spacial score (nSPS) is 30.8. The van der Waals surface area contributed by atoms with E-state index in [1.807, 2.05) is 0 Å². The molecular weight excluding hydrogens is 456 g/mol. The van der Waals surface area contributed by atoms with Crippen LogP contribution in [0.15, 0.2) is 24.5 Å². The third-order valence-corrected chi connectivity index (χ3v) is 6.68. The van der Waals surface area contributed by atoms with E-state index in [2.05, 4.69) is 20.1 Å². The molecule has 1 amide bonds. The average Bonchev–Trinajstić information content (AvgIpc) is 3.10. The van der Waals surface area contributed by atoms with Gasteiger partial charge >= 0.3 is 6.36 Å². The molecule has 0 unspecified atom stereocenters. The molecule has 1 aromatic carbocycles. The van der Waals surface area contributed by atoms with Crippen molar-refractivity contribution in [1.29, 1.82) is 0 Å². The van der Waals surface area contributed by atoms with E-state index in [1.165, 1.54) is 23.1 Å². The van der Waals surface area contributed by atoms with Gasteiger partial charge in [0.05, 0.1) is 22.9 Å². The minimum atomic E-state index is -4.65. The van der Waals surface area contributed by atoms with Gasteiger partial charge in [0.25, 0.3) is 0 Å². The summed E-state index contributed by atoms with van der Waals surface area (Å²) in [5.74, 6) is -0.194. The number of hydrogen-bond acceptors (Lipinski definition) is 5. The van der Waals surface area contributed by atoms with Crippen molar-refractivity contribution in [2.45, 2.75) is 61.6 Å². The molecule has 1 N–H and O–H groups in total. The largest absolute Gasteiger partial charge is 0.522 e. The average molecular weight is 475 g/mol. The molecule has 7 nitrogen and oxygen atoms in total. The minimum Gasteiger partial charge on any atom is -0.368 e. The van der Waals surface area contributed by atoms with Crippen LogP contribution in [0.1, 0.15) is 37.9 Å². The molecule has 0 radical (unpaired) electrons. The van der Waals surface area contributed by atoms with E-state index in [0.717, 1.165) is 0 Å². The summed E-state index contributed by atoms with van der Waals surface area (Å²) < 4.78 is 60.8. The molecule has 6 rings (SSSR count). The molecule has 172 valence electrons. The topological polar surface area (TPSA) is 78.3 Å². The summed E-state index contributed by atoms with van der Waals surface area (Å²) in [5, 5.41) is 7.46. The van der Waals surface area contributed by atoms with Gasteiger partial charge in [-0.3, -0.25) is 9.53 Å². The van der Waals surface area contributed by atoms with Crippen LogP contribution in [0.25, 0.3) is 5.69 Å². The second-order valence-electron chi connectivity index (χ2n) is 8.84. The maximum atomic E-state index is 13.7.